The summed E-state index contributed by atoms with van der Waals surface area (Å²) in [5.41, 5.74) is 0.974. The third-order valence-electron chi connectivity index (χ3n) is 6.76. The van der Waals surface area contributed by atoms with Crippen LogP contribution in [0.3, 0.4) is 0 Å². The summed E-state index contributed by atoms with van der Waals surface area (Å²) < 4.78 is 2.10. The smallest absolute Gasteiger partial charge is 0.284 e. The van der Waals surface area contributed by atoms with Gasteiger partial charge in [0.15, 0.2) is 5.01 Å². The summed E-state index contributed by atoms with van der Waals surface area (Å²) in [5, 5.41) is 21.7. The van der Waals surface area contributed by atoms with Crippen LogP contribution in [-0.4, -0.2) is 25.8 Å². The number of nitrogens with one attached hydrogen (secondary N) is 1. The van der Waals surface area contributed by atoms with E-state index in [1.165, 1.54) is 30.6 Å². The van der Waals surface area contributed by atoms with Crippen molar-refractivity contribution in [3.05, 3.63) is 40.5 Å². The molecule has 3 aromatic rings. The van der Waals surface area contributed by atoms with Crippen molar-refractivity contribution in [2.75, 3.05) is 5.32 Å². The Morgan fingerprint density at radius 2 is 2.06 bits per heavy atom. The van der Waals surface area contributed by atoms with E-state index in [1.54, 1.807) is 25.4 Å². The zero-order chi connectivity index (χ0) is 22.2. The number of nitrogens with zero attached hydrogens (tertiary/aromatic N) is 3. The van der Waals surface area contributed by atoms with Crippen LogP contribution in [0.4, 0.5) is 5.69 Å². The van der Waals surface area contributed by atoms with E-state index >= 15 is 0 Å². The van der Waals surface area contributed by atoms with Crippen molar-refractivity contribution in [2.45, 2.75) is 71.4 Å². The molecule has 1 aliphatic rings. The maximum absolute atomic E-state index is 12.6. The number of aromatic nitrogens is 3. The lowest BCUT2D eigenvalue weighted by Crippen LogP contribution is -2.22. The second kappa shape index (κ2) is 8.71. The molecule has 1 saturated carbocycles. The molecule has 0 bridgehead atoms. The molecule has 6 nitrogen and oxygen atoms in total. The molecule has 1 atom stereocenters. The highest BCUT2D eigenvalue weighted by atomic mass is 32.1. The zero-order valence-corrected chi connectivity index (χ0v) is 19.6. The van der Waals surface area contributed by atoms with Gasteiger partial charge in [-0.1, -0.05) is 20.3 Å². The lowest BCUT2D eigenvalue weighted by Gasteiger charge is -2.32. The van der Waals surface area contributed by atoms with Crippen LogP contribution in [0.5, 0.6) is 0 Å². The monoisotopic (exact) mass is 440 g/mol. The second-order valence-electron chi connectivity index (χ2n) is 9.37. The average Bonchev–Trinajstić information content (AvgIpc) is 3.41. The van der Waals surface area contributed by atoms with Crippen molar-refractivity contribution in [3.8, 4) is 0 Å². The molecule has 2 N–H and O–H groups in total. The van der Waals surface area contributed by atoms with Crippen molar-refractivity contribution in [1.82, 2.24) is 14.8 Å². The maximum Gasteiger partial charge on any atom is 0.284 e. The van der Waals surface area contributed by atoms with Crippen LogP contribution in [0.25, 0.3) is 10.9 Å². The lowest BCUT2D eigenvalue weighted by molar-refractivity contribution is 0.0794. The zero-order valence-electron chi connectivity index (χ0n) is 18.8. The number of amides is 1. The van der Waals surface area contributed by atoms with Crippen LogP contribution in [0.15, 0.2) is 29.9 Å². The number of carbonyl (C=O) groups excluding carboxylic acids is 1. The van der Waals surface area contributed by atoms with Gasteiger partial charge in [0.05, 0.1) is 17.2 Å². The molecular weight excluding hydrogens is 408 g/mol. The van der Waals surface area contributed by atoms with Crippen LogP contribution in [0, 0.1) is 11.8 Å². The predicted molar refractivity (Wildman–Crippen MR) is 125 cm³/mol. The number of aliphatic hydroxyl groups is 1. The Bertz CT molecular complexity index is 1040. The summed E-state index contributed by atoms with van der Waals surface area (Å²) in [6.45, 7) is 8.09. The van der Waals surface area contributed by atoms with E-state index in [0.29, 0.717) is 22.3 Å². The van der Waals surface area contributed by atoms with Gasteiger partial charge < -0.3 is 10.4 Å². The molecule has 166 valence electrons. The Hall–Kier alpha value is -2.25. The Balaban J connectivity index is 1.61. The number of anilines is 1. The largest absolute Gasteiger partial charge is 0.386 e. The van der Waals surface area contributed by atoms with Gasteiger partial charge in [0.25, 0.3) is 5.91 Å². The summed E-state index contributed by atoms with van der Waals surface area (Å²) in [7, 11) is 0. The molecule has 0 aliphatic heterocycles. The molecule has 7 heteroatoms. The van der Waals surface area contributed by atoms with Gasteiger partial charge in [0.1, 0.15) is 0 Å². The van der Waals surface area contributed by atoms with Gasteiger partial charge in [-0.05, 0) is 63.5 Å². The number of hydrogen-bond donors (Lipinski definition) is 2. The molecule has 2 aromatic heterocycles. The van der Waals surface area contributed by atoms with Gasteiger partial charge >= 0.3 is 0 Å². The van der Waals surface area contributed by atoms with E-state index in [-0.39, 0.29) is 5.91 Å². The molecule has 0 saturated heterocycles. The highest BCUT2D eigenvalue weighted by Gasteiger charge is 2.27. The first-order valence-corrected chi connectivity index (χ1v) is 12.1. The third kappa shape index (κ3) is 4.67. The van der Waals surface area contributed by atoms with Crippen LogP contribution >= 0.6 is 11.3 Å². The minimum Gasteiger partial charge on any atom is -0.386 e. The fourth-order valence-corrected chi connectivity index (χ4v) is 5.20. The summed E-state index contributed by atoms with van der Waals surface area (Å²) in [6, 6.07) is 4.22. The van der Waals surface area contributed by atoms with E-state index in [2.05, 4.69) is 35.0 Å². The summed E-state index contributed by atoms with van der Waals surface area (Å²) in [5.74, 6) is 1.34. The molecule has 1 fully saturated rings. The molecule has 4 rings (SSSR count). The molecule has 1 amide bonds. The standard InChI is InChI=1S/C24H32N4O2S/c1-5-15(2)16-6-8-18(9-7-16)28-14-17-12-21(26-22(29)23-25-10-11-31-23)19(24(3,4)30)13-20(17)27-28/h10-16,18,30H,5-9H2,1-4H3,(H,26,29). The highest BCUT2D eigenvalue weighted by molar-refractivity contribution is 7.11. The van der Waals surface area contributed by atoms with E-state index in [4.69, 9.17) is 5.10 Å². The minimum absolute atomic E-state index is 0.268. The first kappa shape index (κ1) is 22.0. The SMILES string of the molecule is CCC(C)C1CCC(n2cc3cc(NC(=O)c4nccs4)c(C(C)(C)O)cc3n2)CC1. The van der Waals surface area contributed by atoms with E-state index in [9.17, 15) is 9.90 Å². The average molecular weight is 441 g/mol. The van der Waals surface area contributed by atoms with Crippen molar-refractivity contribution in [3.63, 3.8) is 0 Å². The summed E-state index contributed by atoms with van der Waals surface area (Å²) in [6.07, 6.45) is 9.73. The molecule has 1 aromatic carbocycles. The molecule has 1 unspecified atom stereocenters. The minimum atomic E-state index is -1.11. The number of thiazole rings is 1. The Kier molecular flexibility index (Phi) is 6.17. The highest BCUT2D eigenvalue weighted by Crippen LogP contribution is 2.38. The van der Waals surface area contributed by atoms with E-state index in [1.807, 2.05) is 12.1 Å². The lowest BCUT2D eigenvalue weighted by atomic mass is 9.78. The van der Waals surface area contributed by atoms with E-state index < -0.39 is 5.60 Å². The summed E-state index contributed by atoms with van der Waals surface area (Å²) in [4.78, 5) is 16.7. The number of rotatable bonds is 6. The van der Waals surface area contributed by atoms with Crippen molar-refractivity contribution in [2.24, 2.45) is 11.8 Å². The Morgan fingerprint density at radius 3 is 2.68 bits per heavy atom. The first-order chi connectivity index (χ1) is 14.8. The number of fused-ring (bicyclic) bond motifs is 1. The Morgan fingerprint density at radius 1 is 1.32 bits per heavy atom. The molecular formula is C24H32N4O2S. The third-order valence-corrected chi connectivity index (χ3v) is 7.53. The van der Waals surface area contributed by atoms with Gasteiger partial charge in [-0.3, -0.25) is 9.48 Å². The van der Waals surface area contributed by atoms with Crippen molar-refractivity contribution < 1.29 is 9.90 Å². The molecule has 1 aliphatic carbocycles. The Labute approximate surface area is 187 Å². The van der Waals surface area contributed by atoms with Crippen LogP contribution in [0.2, 0.25) is 0 Å². The predicted octanol–water partition coefficient (Wildman–Crippen LogP) is 5.75. The maximum atomic E-state index is 12.6. The van der Waals surface area contributed by atoms with Gasteiger partial charge in [0.2, 0.25) is 0 Å². The molecule has 0 spiro atoms. The second-order valence-corrected chi connectivity index (χ2v) is 10.3. The first-order valence-electron chi connectivity index (χ1n) is 11.2. The van der Waals surface area contributed by atoms with E-state index in [0.717, 1.165) is 35.6 Å². The van der Waals surface area contributed by atoms with Gasteiger partial charge in [-0.25, -0.2) is 4.98 Å². The topological polar surface area (TPSA) is 80.0 Å². The fraction of sp³-hybridized carbons (Fsp3) is 0.542. The van der Waals surface area contributed by atoms with Crippen LogP contribution < -0.4 is 5.32 Å². The number of carbonyl (C=O) groups is 1. The fourth-order valence-electron chi connectivity index (χ4n) is 4.67. The molecule has 0 radical (unpaired) electrons. The van der Waals surface area contributed by atoms with Gasteiger partial charge in [-0.2, -0.15) is 5.10 Å². The van der Waals surface area contributed by atoms with Crippen molar-refractivity contribution >= 4 is 33.8 Å². The van der Waals surface area contributed by atoms with Crippen LogP contribution in [0.1, 0.15) is 81.2 Å². The van der Waals surface area contributed by atoms with Crippen LogP contribution in [-0.2, 0) is 5.60 Å². The van der Waals surface area contributed by atoms with Crippen molar-refractivity contribution in [1.29, 1.82) is 0 Å². The van der Waals surface area contributed by atoms with Gasteiger partial charge in [-0.15, -0.1) is 11.3 Å². The molecule has 31 heavy (non-hydrogen) atoms. The number of hydrogen-bond acceptors (Lipinski definition) is 5. The summed E-state index contributed by atoms with van der Waals surface area (Å²) >= 11 is 1.29. The normalized spacial score (nSPS) is 20.7. The van der Waals surface area contributed by atoms with Gasteiger partial charge in [0, 0.05) is 34.4 Å². The quantitative estimate of drug-likeness (QED) is 0.511. The molecule has 2 heterocycles. The number of benzene rings is 1.